The quantitative estimate of drug-likeness (QED) is 0.597. The number of benzene rings is 1. The molecule has 0 radical (unpaired) electrons. The van der Waals surface area contributed by atoms with Crippen molar-refractivity contribution < 1.29 is 4.92 Å². The highest BCUT2D eigenvalue weighted by atomic mass is 16.6. The minimum absolute atomic E-state index is 0.189. The molecule has 0 aliphatic rings. The maximum atomic E-state index is 10.7. The van der Waals surface area contributed by atoms with E-state index in [1.807, 2.05) is 6.07 Å². The van der Waals surface area contributed by atoms with Gasteiger partial charge >= 0.3 is 0 Å². The van der Waals surface area contributed by atoms with Crippen molar-refractivity contribution in [3.8, 4) is 0 Å². The van der Waals surface area contributed by atoms with Gasteiger partial charge in [-0.15, -0.1) is 0 Å². The number of hydrogen-bond donors (Lipinski definition) is 1. The fourth-order valence-electron chi connectivity index (χ4n) is 1.33. The molecule has 0 amide bonds. The lowest BCUT2D eigenvalue weighted by Crippen LogP contribution is -2.19. The normalized spacial score (nSPS) is 10.6. The second-order valence-corrected chi connectivity index (χ2v) is 3.91. The zero-order chi connectivity index (χ0) is 11.3. The van der Waals surface area contributed by atoms with Gasteiger partial charge in [0.05, 0.1) is 4.92 Å². The molecule has 0 spiro atoms. The van der Waals surface area contributed by atoms with Gasteiger partial charge in [0.2, 0.25) is 0 Å². The molecule has 15 heavy (non-hydrogen) atoms. The van der Waals surface area contributed by atoms with Gasteiger partial charge in [-0.2, -0.15) is 0 Å². The van der Waals surface area contributed by atoms with E-state index in [4.69, 9.17) is 0 Å². The van der Waals surface area contributed by atoms with Crippen LogP contribution in [0.25, 0.3) is 0 Å². The maximum Gasteiger partial charge on any atom is 0.273 e. The molecule has 0 unspecified atom stereocenters. The van der Waals surface area contributed by atoms with Gasteiger partial charge in [-0.3, -0.25) is 10.1 Å². The van der Waals surface area contributed by atoms with Gasteiger partial charge < -0.3 is 5.32 Å². The van der Waals surface area contributed by atoms with E-state index in [1.165, 1.54) is 6.07 Å². The third kappa shape index (κ3) is 3.67. The lowest BCUT2D eigenvalue weighted by Gasteiger charge is -2.07. The second-order valence-electron chi connectivity index (χ2n) is 3.91. The highest BCUT2D eigenvalue weighted by Gasteiger charge is 2.11. The van der Waals surface area contributed by atoms with Crippen molar-refractivity contribution in [3.63, 3.8) is 0 Å². The molecular weight excluding hydrogens is 192 g/mol. The predicted octanol–water partition coefficient (Wildman–Crippen LogP) is 2.34. The third-order valence-corrected chi connectivity index (χ3v) is 2.06. The van der Waals surface area contributed by atoms with Crippen molar-refractivity contribution in [2.75, 3.05) is 6.54 Å². The fraction of sp³-hybridized carbons (Fsp3) is 0.455. The lowest BCUT2D eigenvalue weighted by atomic mass is 10.1. The predicted molar refractivity (Wildman–Crippen MR) is 59.6 cm³/mol. The first-order valence-corrected chi connectivity index (χ1v) is 5.04. The molecule has 1 aromatic rings. The minimum Gasteiger partial charge on any atom is -0.312 e. The molecule has 1 rings (SSSR count). The summed E-state index contributed by atoms with van der Waals surface area (Å²) in [5.41, 5.74) is 0.928. The van der Waals surface area contributed by atoms with Crippen molar-refractivity contribution in [2.24, 2.45) is 5.92 Å². The van der Waals surface area contributed by atoms with Crippen molar-refractivity contribution in [1.82, 2.24) is 5.32 Å². The molecule has 4 heteroatoms. The number of rotatable bonds is 5. The van der Waals surface area contributed by atoms with Gasteiger partial charge in [-0.25, -0.2) is 0 Å². The average Bonchev–Trinajstić information content (AvgIpc) is 2.17. The van der Waals surface area contributed by atoms with Crippen molar-refractivity contribution in [3.05, 3.63) is 39.9 Å². The number of nitro groups is 1. The number of nitrogens with one attached hydrogen (secondary N) is 1. The maximum absolute atomic E-state index is 10.7. The molecule has 0 fully saturated rings. The summed E-state index contributed by atoms with van der Waals surface area (Å²) in [5, 5.41) is 13.9. The molecular formula is C11H16N2O2. The van der Waals surface area contributed by atoms with Crippen LogP contribution in [0, 0.1) is 16.0 Å². The van der Waals surface area contributed by atoms with Crippen LogP contribution >= 0.6 is 0 Å². The van der Waals surface area contributed by atoms with Crippen molar-refractivity contribution in [2.45, 2.75) is 20.4 Å². The molecule has 0 heterocycles. The van der Waals surface area contributed by atoms with Crippen LogP contribution in [0.1, 0.15) is 19.4 Å². The Labute approximate surface area is 89.5 Å². The van der Waals surface area contributed by atoms with Crippen LogP contribution in [0.3, 0.4) is 0 Å². The number of para-hydroxylation sites is 1. The van der Waals surface area contributed by atoms with E-state index in [2.05, 4.69) is 19.2 Å². The zero-order valence-corrected chi connectivity index (χ0v) is 9.06. The van der Waals surface area contributed by atoms with E-state index in [0.717, 1.165) is 12.1 Å². The van der Waals surface area contributed by atoms with Crippen molar-refractivity contribution in [1.29, 1.82) is 0 Å². The van der Waals surface area contributed by atoms with Crippen LogP contribution in [0.2, 0.25) is 0 Å². The van der Waals surface area contributed by atoms with Gasteiger partial charge in [-0.1, -0.05) is 32.0 Å². The summed E-state index contributed by atoms with van der Waals surface area (Å²) in [6, 6.07) is 6.82. The SMILES string of the molecule is CC(C)CNCc1ccccc1[N+](=O)[O-]. The molecule has 0 aromatic heterocycles. The van der Waals surface area contributed by atoms with E-state index < -0.39 is 0 Å². The van der Waals surface area contributed by atoms with Crippen LogP contribution < -0.4 is 5.32 Å². The molecule has 1 aromatic carbocycles. The Balaban J connectivity index is 2.63. The van der Waals surface area contributed by atoms with E-state index >= 15 is 0 Å². The lowest BCUT2D eigenvalue weighted by molar-refractivity contribution is -0.385. The first-order chi connectivity index (χ1) is 7.11. The molecule has 1 N–H and O–H groups in total. The van der Waals surface area contributed by atoms with Crippen molar-refractivity contribution >= 4 is 5.69 Å². The molecule has 0 aliphatic carbocycles. The van der Waals surface area contributed by atoms with Gasteiger partial charge in [-0.05, 0) is 12.5 Å². The Morgan fingerprint density at radius 2 is 2.07 bits per heavy atom. The topological polar surface area (TPSA) is 55.2 Å². The summed E-state index contributed by atoms with van der Waals surface area (Å²) >= 11 is 0. The largest absolute Gasteiger partial charge is 0.312 e. The summed E-state index contributed by atoms with van der Waals surface area (Å²) < 4.78 is 0. The number of nitro benzene ring substituents is 1. The van der Waals surface area contributed by atoms with E-state index in [1.54, 1.807) is 12.1 Å². The van der Waals surface area contributed by atoms with Gasteiger partial charge in [0, 0.05) is 18.2 Å². The van der Waals surface area contributed by atoms with Gasteiger partial charge in [0.25, 0.3) is 5.69 Å². The molecule has 82 valence electrons. The Bertz CT molecular complexity index is 337. The summed E-state index contributed by atoms with van der Waals surface area (Å²) in [4.78, 5) is 10.4. The highest BCUT2D eigenvalue weighted by molar-refractivity contribution is 5.39. The fourth-order valence-corrected chi connectivity index (χ4v) is 1.33. The standard InChI is InChI=1S/C11H16N2O2/c1-9(2)7-12-8-10-5-3-4-6-11(10)13(14)15/h3-6,9,12H,7-8H2,1-2H3. The minimum atomic E-state index is -0.341. The number of hydrogen-bond acceptors (Lipinski definition) is 3. The third-order valence-electron chi connectivity index (χ3n) is 2.06. The van der Waals surface area contributed by atoms with E-state index in [-0.39, 0.29) is 10.6 Å². The Hall–Kier alpha value is -1.42. The van der Waals surface area contributed by atoms with Crippen LogP contribution in [-0.4, -0.2) is 11.5 Å². The first kappa shape index (κ1) is 11.7. The molecule has 0 atom stereocenters. The molecule has 0 aliphatic heterocycles. The van der Waals surface area contributed by atoms with Gasteiger partial charge in [0.1, 0.15) is 0 Å². The van der Waals surface area contributed by atoms with E-state index in [0.29, 0.717) is 12.5 Å². The number of nitrogens with zero attached hydrogens (tertiary/aromatic N) is 1. The zero-order valence-electron chi connectivity index (χ0n) is 9.06. The van der Waals surface area contributed by atoms with E-state index in [9.17, 15) is 10.1 Å². The Morgan fingerprint density at radius 1 is 1.40 bits per heavy atom. The summed E-state index contributed by atoms with van der Waals surface area (Å²) in [5.74, 6) is 0.549. The molecule has 4 nitrogen and oxygen atoms in total. The summed E-state index contributed by atoms with van der Waals surface area (Å²) in [7, 11) is 0. The van der Waals surface area contributed by atoms with Crippen LogP contribution in [0.15, 0.2) is 24.3 Å². The first-order valence-electron chi connectivity index (χ1n) is 5.04. The van der Waals surface area contributed by atoms with Crippen LogP contribution in [-0.2, 0) is 6.54 Å². The monoisotopic (exact) mass is 208 g/mol. The van der Waals surface area contributed by atoms with Gasteiger partial charge in [0.15, 0.2) is 0 Å². The molecule has 0 saturated carbocycles. The summed E-state index contributed by atoms with van der Waals surface area (Å²) in [6.07, 6.45) is 0. The molecule has 0 saturated heterocycles. The highest BCUT2D eigenvalue weighted by Crippen LogP contribution is 2.16. The van der Waals surface area contributed by atoms with Crippen LogP contribution in [0.4, 0.5) is 5.69 Å². The average molecular weight is 208 g/mol. The second kappa shape index (κ2) is 5.46. The Kier molecular flexibility index (Phi) is 4.24. The Morgan fingerprint density at radius 3 is 2.67 bits per heavy atom. The van der Waals surface area contributed by atoms with Crippen LogP contribution in [0.5, 0.6) is 0 Å². The smallest absolute Gasteiger partial charge is 0.273 e. The molecule has 0 bridgehead atoms. The summed E-state index contributed by atoms with van der Waals surface area (Å²) in [6.45, 7) is 5.63.